The van der Waals surface area contributed by atoms with E-state index in [0.717, 1.165) is 16.7 Å². The minimum Gasteiger partial charge on any atom is -0.426 e. The Hall–Kier alpha value is -3.39. The molecule has 0 bridgehead atoms. The maximum Gasteiger partial charge on any atom is 0.308 e. The van der Waals surface area contributed by atoms with E-state index in [2.05, 4.69) is 10.1 Å². The maximum atomic E-state index is 13.1. The molecule has 0 atom stereocenters. The van der Waals surface area contributed by atoms with Gasteiger partial charge < -0.3 is 4.74 Å². The van der Waals surface area contributed by atoms with Crippen molar-refractivity contribution >= 4 is 28.3 Å². The van der Waals surface area contributed by atoms with Crippen molar-refractivity contribution in [1.82, 2.24) is 14.6 Å². The molecule has 0 saturated heterocycles. The van der Waals surface area contributed by atoms with Crippen molar-refractivity contribution in [2.75, 3.05) is 0 Å². The van der Waals surface area contributed by atoms with Gasteiger partial charge in [0.25, 0.3) is 5.56 Å². The summed E-state index contributed by atoms with van der Waals surface area (Å²) in [6.07, 6.45) is 1.76. The Morgan fingerprint density at radius 1 is 1.17 bits per heavy atom. The molecule has 0 unspecified atom stereocenters. The second-order valence-electron chi connectivity index (χ2n) is 6.63. The zero-order valence-corrected chi connectivity index (χ0v) is 16.7. The van der Waals surface area contributed by atoms with E-state index in [1.54, 1.807) is 18.2 Å². The number of benzene rings is 2. The van der Waals surface area contributed by atoms with E-state index >= 15 is 0 Å². The highest BCUT2D eigenvalue weighted by Crippen LogP contribution is 2.25. The van der Waals surface area contributed by atoms with Gasteiger partial charge in [-0.05, 0) is 73.0 Å². The fourth-order valence-corrected chi connectivity index (χ4v) is 3.99. The highest BCUT2D eigenvalue weighted by Gasteiger charge is 2.13. The van der Waals surface area contributed by atoms with Crippen LogP contribution in [0.3, 0.4) is 0 Å². The normalized spacial score (nSPS) is 11.9. The monoisotopic (exact) mass is 409 g/mol. The maximum absolute atomic E-state index is 13.1. The summed E-state index contributed by atoms with van der Waals surface area (Å²) in [4.78, 5) is 28.8. The van der Waals surface area contributed by atoms with E-state index in [1.807, 2.05) is 26.0 Å². The van der Waals surface area contributed by atoms with Crippen LogP contribution in [0.5, 0.6) is 5.75 Å². The van der Waals surface area contributed by atoms with E-state index in [9.17, 15) is 14.0 Å². The van der Waals surface area contributed by atoms with Gasteiger partial charge in [0, 0.05) is 12.5 Å². The Bertz CT molecular complexity index is 1330. The average molecular weight is 409 g/mol. The summed E-state index contributed by atoms with van der Waals surface area (Å²) in [5, 5.41) is 4.26. The van der Waals surface area contributed by atoms with Crippen LogP contribution in [-0.4, -0.2) is 20.6 Å². The Morgan fingerprint density at radius 3 is 2.41 bits per heavy atom. The molecule has 29 heavy (non-hydrogen) atoms. The smallest absolute Gasteiger partial charge is 0.308 e. The molecule has 0 radical (unpaired) electrons. The quantitative estimate of drug-likeness (QED) is 0.384. The number of carbonyl (C=O) groups excluding carboxylic acids is 1. The lowest BCUT2D eigenvalue weighted by Crippen LogP contribution is -2.23. The van der Waals surface area contributed by atoms with Gasteiger partial charge in [-0.15, -0.1) is 5.10 Å². The van der Waals surface area contributed by atoms with Gasteiger partial charge in [0.15, 0.2) is 5.82 Å². The van der Waals surface area contributed by atoms with Crippen LogP contribution in [0, 0.1) is 19.7 Å². The summed E-state index contributed by atoms with van der Waals surface area (Å²) in [5.41, 5.74) is 2.79. The number of carbonyl (C=O) groups is 1. The molecule has 2 heterocycles. The summed E-state index contributed by atoms with van der Waals surface area (Å²) >= 11 is 1.23. The van der Waals surface area contributed by atoms with E-state index in [0.29, 0.717) is 26.6 Å². The Kier molecular flexibility index (Phi) is 4.71. The third-order valence-electron chi connectivity index (χ3n) is 4.31. The fourth-order valence-electron chi connectivity index (χ4n) is 3.08. The molecule has 146 valence electrons. The predicted octanol–water partition coefficient (Wildman–Crippen LogP) is 3.05. The van der Waals surface area contributed by atoms with Gasteiger partial charge in [-0.25, -0.2) is 4.39 Å². The number of nitrogens with zero attached hydrogens (tertiary/aromatic N) is 3. The number of aryl methyl sites for hydroxylation is 2. The molecule has 4 rings (SSSR count). The first-order valence-electron chi connectivity index (χ1n) is 8.79. The molecule has 0 aliphatic carbocycles. The zero-order valence-electron chi connectivity index (χ0n) is 15.9. The zero-order chi connectivity index (χ0) is 20.7. The SMILES string of the molecule is CC(=O)Oc1c(C)cc(C=c2sc3nc(-c4ccc(F)cc4)nn3c2=O)cc1C. The lowest BCUT2D eigenvalue weighted by molar-refractivity contribution is -0.131. The third kappa shape index (κ3) is 3.66. The molecule has 0 saturated carbocycles. The molecule has 0 spiro atoms. The van der Waals surface area contributed by atoms with Crippen molar-refractivity contribution in [1.29, 1.82) is 0 Å². The van der Waals surface area contributed by atoms with Gasteiger partial charge in [0.05, 0.1) is 4.53 Å². The number of aromatic nitrogens is 3. The van der Waals surface area contributed by atoms with Crippen LogP contribution in [-0.2, 0) is 4.79 Å². The first-order valence-corrected chi connectivity index (χ1v) is 9.60. The van der Waals surface area contributed by atoms with Crippen molar-refractivity contribution in [3.05, 3.63) is 73.8 Å². The summed E-state index contributed by atoms with van der Waals surface area (Å²) in [7, 11) is 0. The fraction of sp³-hybridized carbons (Fsp3) is 0.143. The third-order valence-corrected chi connectivity index (χ3v) is 5.27. The van der Waals surface area contributed by atoms with Crippen LogP contribution in [0.15, 0.2) is 41.2 Å². The second-order valence-corrected chi connectivity index (χ2v) is 7.64. The Labute approximate surface area is 168 Å². The van der Waals surface area contributed by atoms with Crippen LogP contribution in [0.2, 0.25) is 0 Å². The molecule has 6 nitrogen and oxygen atoms in total. The number of thiazole rings is 1. The Morgan fingerprint density at radius 2 is 1.83 bits per heavy atom. The number of hydrogen-bond acceptors (Lipinski definition) is 6. The van der Waals surface area contributed by atoms with Crippen molar-refractivity contribution in [2.24, 2.45) is 0 Å². The molecule has 0 aliphatic rings. The summed E-state index contributed by atoms with van der Waals surface area (Å²) in [6, 6.07) is 9.50. The summed E-state index contributed by atoms with van der Waals surface area (Å²) in [6.45, 7) is 5.05. The van der Waals surface area contributed by atoms with Crippen molar-refractivity contribution < 1.29 is 13.9 Å². The van der Waals surface area contributed by atoms with Crippen molar-refractivity contribution in [3.63, 3.8) is 0 Å². The van der Waals surface area contributed by atoms with E-state index in [1.165, 1.54) is 34.9 Å². The Balaban J connectivity index is 1.75. The van der Waals surface area contributed by atoms with Crippen LogP contribution < -0.4 is 14.8 Å². The van der Waals surface area contributed by atoms with Crippen molar-refractivity contribution in [2.45, 2.75) is 20.8 Å². The molecule has 0 amide bonds. The van der Waals surface area contributed by atoms with Crippen LogP contribution >= 0.6 is 11.3 Å². The largest absolute Gasteiger partial charge is 0.426 e. The van der Waals surface area contributed by atoms with Crippen LogP contribution in [0.4, 0.5) is 4.39 Å². The number of esters is 1. The second kappa shape index (κ2) is 7.21. The molecular weight excluding hydrogens is 393 g/mol. The molecule has 2 aromatic heterocycles. The first kappa shape index (κ1) is 18.9. The van der Waals surface area contributed by atoms with E-state index in [-0.39, 0.29) is 17.3 Å². The minimum atomic E-state index is -0.378. The lowest BCUT2D eigenvalue weighted by atomic mass is 10.1. The number of fused-ring (bicyclic) bond motifs is 1. The lowest BCUT2D eigenvalue weighted by Gasteiger charge is -2.10. The summed E-state index contributed by atoms with van der Waals surface area (Å²) < 4.78 is 20.1. The molecule has 0 N–H and O–H groups in total. The van der Waals surface area contributed by atoms with E-state index in [4.69, 9.17) is 4.74 Å². The van der Waals surface area contributed by atoms with Gasteiger partial charge in [0.1, 0.15) is 11.6 Å². The minimum absolute atomic E-state index is 0.273. The standard InChI is InChI=1S/C21H16FN3O3S/c1-11-8-14(9-12(2)18(11)28-13(3)26)10-17-20(27)25-21(29-17)23-19(24-25)15-4-6-16(22)7-5-15/h4-10H,1-3H3. The molecule has 4 aromatic rings. The summed E-state index contributed by atoms with van der Waals surface area (Å²) in [5.74, 6) is 0.180. The van der Waals surface area contributed by atoms with Gasteiger partial charge in [0.2, 0.25) is 4.96 Å². The average Bonchev–Trinajstić information content (AvgIpc) is 3.19. The molecule has 0 fully saturated rings. The predicted molar refractivity (Wildman–Crippen MR) is 109 cm³/mol. The topological polar surface area (TPSA) is 73.6 Å². The highest BCUT2D eigenvalue weighted by molar-refractivity contribution is 7.15. The van der Waals surface area contributed by atoms with Crippen LogP contribution in [0.1, 0.15) is 23.6 Å². The highest BCUT2D eigenvalue weighted by atomic mass is 32.1. The molecule has 0 aliphatic heterocycles. The van der Waals surface area contributed by atoms with Gasteiger partial charge in [-0.1, -0.05) is 11.3 Å². The molecule has 8 heteroatoms. The van der Waals surface area contributed by atoms with Gasteiger partial charge in [-0.3, -0.25) is 9.59 Å². The first-order chi connectivity index (χ1) is 13.8. The van der Waals surface area contributed by atoms with Gasteiger partial charge in [-0.2, -0.15) is 9.50 Å². The number of ether oxygens (including phenoxy) is 1. The van der Waals surface area contributed by atoms with Gasteiger partial charge >= 0.3 is 5.97 Å². The number of rotatable bonds is 3. The number of halogens is 1. The molecular formula is C21H16FN3O3S. The number of hydrogen-bond donors (Lipinski definition) is 0. The van der Waals surface area contributed by atoms with E-state index < -0.39 is 0 Å². The molecule has 2 aromatic carbocycles. The van der Waals surface area contributed by atoms with Crippen molar-refractivity contribution in [3.8, 4) is 17.1 Å². The van der Waals surface area contributed by atoms with Crippen LogP contribution in [0.25, 0.3) is 22.4 Å².